The lowest BCUT2D eigenvalue weighted by atomic mass is 9.75. The lowest BCUT2D eigenvalue weighted by Crippen LogP contribution is -2.36. The van der Waals surface area contributed by atoms with E-state index < -0.39 is 28.8 Å². The summed E-state index contributed by atoms with van der Waals surface area (Å²) in [6, 6.07) is 3.31. The van der Waals surface area contributed by atoms with E-state index in [1.807, 2.05) is 20.8 Å². The molecule has 2 atom stereocenters. The number of aliphatic hydroxyl groups is 1. The lowest BCUT2D eigenvalue weighted by molar-refractivity contribution is -0.155. The van der Waals surface area contributed by atoms with Crippen LogP contribution in [-0.4, -0.2) is 29.1 Å². The first-order chi connectivity index (χ1) is 10.9. The van der Waals surface area contributed by atoms with Gasteiger partial charge in [0, 0.05) is 17.2 Å². The van der Waals surface area contributed by atoms with E-state index in [2.05, 4.69) is 10.3 Å². The van der Waals surface area contributed by atoms with Gasteiger partial charge in [0.2, 0.25) is 5.91 Å². The molecule has 2 N–H and O–H groups in total. The van der Waals surface area contributed by atoms with Gasteiger partial charge in [-0.05, 0) is 11.5 Å². The molecule has 0 saturated carbocycles. The first-order valence-corrected chi connectivity index (χ1v) is 7.92. The minimum atomic E-state index is -1.15. The predicted molar refractivity (Wildman–Crippen MR) is 92.2 cm³/mol. The molecule has 1 amide bonds. The maximum Gasteiger partial charge on any atom is 0.312 e. The SMILES string of the molecule is COC(=O)[C@@H]([C@@H](O)c1cccnc1NC(=O)C(C)(C)C)C(C)(C)C. The summed E-state index contributed by atoms with van der Waals surface area (Å²) in [6.45, 7) is 10.9. The number of esters is 1. The predicted octanol–water partition coefficient (Wildman–Crippen LogP) is 2.93. The standard InChI is InChI=1S/C18H28N2O4/c1-17(2,3)12(15(22)24-7)13(21)11-9-8-10-19-14(11)20-16(23)18(4,5)6/h8-10,12-13,21H,1-7H3,(H,19,20,23)/t12-,13+/m1/s1. The quantitative estimate of drug-likeness (QED) is 0.825. The van der Waals surface area contributed by atoms with Crippen molar-refractivity contribution in [2.24, 2.45) is 16.7 Å². The molecule has 1 heterocycles. The summed E-state index contributed by atoms with van der Waals surface area (Å²) in [5.41, 5.74) is -0.750. The third-order valence-electron chi connectivity index (χ3n) is 3.77. The van der Waals surface area contributed by atoms with Crippen LogP contribution in [0.5, 0.6) is 0 Å². The van der Waals surface area contributed by atoms with E-state index in [4.69, 9.17) is 4.74 Å². The van der Waals surface area contributed by atoms with Gasteiger partial charge in [-0.25, -0.2) is 4.98 Å². The fourth-order valence-corrected chi connectivity index (χ4v) is 2.32. The number of carbonyl (C=O) groups excluding carboxylic acids is 2. The highest BCUT2D eigenvalue weighted by Gasteiger charge is 2.40. The van der Waals surface area contributed by atoms with Crippen molar-refractivity contribution in [2.45, 2.75) is 47.6 Å². The summed E-state index contributed by atoms with van der Waals surface area (Å²) < 4.78 is 4.85. The molecule has 0 fully saturated rings. The Balaban J connectivity index is 3.25. The molecular formula is C18H28N2O4. The zero-order valence-corrected chi connectivity index (χ0v) is 15.5. The van der Waals surface area contributed by atoms with Crippen molar-refractivity contribution in [3.05, 3.63) is 23.9 Å². The summed E-state index contributed by atoms with van der Waals surface area (Å²) in [7, 11) is 1.29. The molecule has 0 aliphatic rings. The number of nitrogens with zero attached hydrogens (tertiary/aromatic N) is 1. The zero-order valence-electron chi connectivity index (χ0n) is 15.5. The fraction of sp³-hybridized carbons (Fsp3) is 0.611. The van der Waals surface area contributed by atoms with Crippen LogP contribution in [-0.2, 0) is 14.3 Å². The summed E-state index contributed by atoms with van der Waals surface area (Å²) in [5, 5.41) is 13.6. The topological polar surface area (TPSA) is 88.5 Å². The molecule has 0 radical (unpaired) electrons. The van der Waals surface area contributed by atoms with Crippen molar-refractivity contribution in [3.63, 3.8) is 0 Å². The van der Waals surface area contributed by atoms with Gasteiger partial charge in [0.1, 0.15) is 5.82 Å². The van der Waals surface area contributed by atoms with Gasteiger partial charge in [-0.15, -0.1) is 0 Å². The summed E-state index contributed by atoms with van der Waals surface area (Å²) >= 11 is 0. The molecule has 0 aromatic carbocycles. The van der Waals surface area contributed by atoms with Gasteiger partial charge < -0.3 is 15.2 Å². The number of hydrogen-bond acceptors (Lipinski definition) is 5. The van der Waals surface area contributed by atoms with Crippen molar-refractivity contribution in [1.82, 2.24) is 4.98 Å². The molecule has 0 saturated heterocycles. The number of nitrogens with one attached hydrogen (secondary N) is 1. The van der Waals surface area contributed by atoms with Crippen molar-refractivity contribution in [1.29, 1.82) is 0 Å². The molecule has 0 unspecified atom stereocenters. The average Bonchev–Trinajstić information content (AvgIpc) is 2.45. The number of ether oxygens (including phenoxy) is 1. The molecule has 1 rings (SSSR count). The summed E-state index contributed by atoms with van der Waals surface area (Å²) in [5.74, 6) is -1.27. The van der Waals surface area contributed by atoms with E-state index in [1.165, 1.54) is 13.3 Å². The minimum absolute atomic E-state index is 0.222. The Labute approximate surface area is 143 Å². The Kier molecular flexibility index (Phi) is 6.11. The number of anilines is 1. The number of pyridine rings is 1. The third kappa shape index (κ3) is 4.77. The van der Waals surface area contributed by atoms with E-state index in [0.29, 0.717) is 5.56 Å². The maximum absolute atomic E-state index is 12.2. The van der Waals surface area contributed by atoms with Gasteiger partial charge in [0.15, 0.2) is 0 Å². The second-order valence-electron chi connectivity index (χ2n) is 7.96. The van der Waals surface area contributed by atoms with E-state index in [0.717, 1.165) is 0 Å². The van der Waals surface area contributed by atoms with E-state index in [9.17, 15) is 14.7 Å². The maximum atomic E-state index is 12.2. The number of aromatic nitrogens is 1. The first-order valence-electron chi connectivity index (χ1n) is 7.92. The molecule has 134 valence electrons. The Morgan fingerprint density at radius 1 is 1.21 bits per heavy atom. The average molecular weight is 336 g/mol. The van der Waals surface area contributed by atoms with Gasteiger partial charge in [0.05, 0.1) is 19.1 Å². The van der Waals surface area contributed by atoms with Crippen LogP contribution in [0.1, 0.15) is 53.2 Å². The van der Waals surface area contributed by atoms with Crippen LogP contribution in [0.3, 0.4) is 0 Å². The van der Waals surface area contributed by atoms with Crippen molar-refractivity contribution < 1.29 is 19.4 Å². The van der Waals surface area contributed by atoms with Crippen LogP contribution in [0, 0.1) is 16.7 Å². The molecule has 6 heteroatoms. The van der Waals surface area contributed by atoms with E-state index >= 15 is 0 Å². The van der Waals surface area contributed by atoms with Gasteiger partial charge >= 0.3 is 5.97 Å². The third-order valence-corrected chi connectivity index (χ3v) is 3.77. The van der Waals surface area contributed by atoms with Crippen molar-refractivity contribution >= 4 is 17.7 Å². The highest BCUT2D eigenvalue weighted by molar-refractivity contribution is 5.94. The lowest BCUT2D eigenvalue weighted by Gasteiger charge is -2.33. The van der Waals surface area contributed by atoms with Gasteiger partial charge in [-0.2, -0.15) is 0 Å². The van der Waals surface area contributed by atoms with Crippen LogP contribution in [0.15, 0.2) is 18.3 Å². The molecule has 0 aliphatic heterocycles. The Morgan fingerprint density at radius 2 is 1.79 bits per heavy atom. The number of hydrogen-bond donors (Lipinski definition) is 2. The Morgan fingerprint density at radius 3 is 2.25 bits per heavy atom. The van der Waals surface area contributed by atoms with Gasteiger partial charge in [-0.1, -0.05) is 47.6 Å². The first kappa shape index (κ1) is 20.1. The van der Waals surface area contributed by atoms with Crippen LogP contribution in [0.2, 0.25) is 0 Å². The molecule has 1 aromatic heterocycles. The number of aliphatic hydroxyl groups excluding tert-OH is 1. The van der Waals surface area contributed by atoms with Crippen LogP contribution < -0.4 is 5.32 Å². The summed E-state index contributed by atoms with van der Waals surface area (Å²) in [4.78, 5) is 28.6. The highest BCUT2D eigenvalue weighted by Crippen LogP contribution is 2.39. The Hall–Kier alpha value is -1.95. The number of amides is 1. The van der Waals surface area contributed by atoms with Crippen LogP contribution >= 0.6 is 0 Å². The van der Waals surface area contributed by atoms with Gasteiger partial charge in [-0.3, -0.25) is 9.59 Å². The largest absolute Gasteiger partial charge is 0.469 e. The fourth-order valence-electron chi connectivity index (χ4n) is 2.32. The molecule has 0 aliphatic carbocycles. The monoisotopic (exact) mass is 336 g/mol. The highest BCUT2D eigenvalue weighted by atomic mass is 16.5. The molecular weight excluding hydrogens is 308 g/mol. The van der Waals surface area contributed by atoms with Crippen molar-refractivity contribution in [3.8, 4) is 0 Å². The normalized spacial score (nSPS) is 14.7. The molecule has 24 heavy (non-hydrogen) atoms. The number of methoxy groups -OCH3 is 1. The second-order valence-corrected chi connectivity index (χ2v) is 7.96. The van der Waals surface area contributed by atoms with E-state index in [-0.39, 0.29) is 11.7 Å². The second kappa shape index (κ2) is 7.30. The molecule has 0 bridgehead atoms. The summed E-state index contributed by atoms with van der Waals surface area (Å²) in [6.07, 6.45) is 0.375. The van der Waals surface area contributed by atoms with Crippen LogP contribution in [0.4, 0.5) is 5.82 Å². The van der Waals surface area contributed by atoms with E-state index in [1.54, 1.807) is 32.9 Å². The minimum Gasteiger partial charge on any atom is -0.469 e. The smallest absolute Gasteiger partial charge is 0.312 e. The van der Waals surface area contributed by atoms with Crippen molar-refractivity contribution in [2.75, 3.05) is 12.4 Å². The molecule has 1 aromatic rings. The Bertz CT molecular complexity index is 600. The molecule has 6 nitrogen and oxygen atoms in total. The number of carbonyl (C=O) groups is 2. The van der Waals surface area contributed by atoms with Gasteiger partial charge in [0.25, 0.3) is 0 Å². The van der Waals surface area contributed by atoms with Crippen LogP contribution in [0.25, 0.3) is 0 Å². The number of rotatable bonds is 4. The zero-order chi connectivity index (χ0) is 18.7. The molecule has 0 spiro atoms.